The first-order chi connectivity index (χ1) is 9.28. The molecule has 1 atom stereocenters. The first-order valence-corrected chi connectivity index (χ1v) is 6.82. The second-order valence-electron chi connectivity index (χ2n) is 6.00. The summed E-state index contributed by atoms with van der Waals surface area (Å²) >= 11 is 0. The molecule has 0 radical (unpaired) electrons. The first-order valence-electron chi connectivity index (χ1n) is 6.82. The maximum absolute atomic E-state index is 11.2. The zero-order chi connectivity index (χ0) is 14.9. The first kappa shape index (κ1) is 14.7. The molecule has 1 saturated heterocycles. The van der Waals surface area contributed by atoms with E-state index in [2.05, 4.69) is 19.2 Å². The normalized spacial score (nSPS) is 21.4. The van der Waals surface area contributed by atoms with Crippen LogP contribution in [0.25, 0.3) is 0 Å². The van der Waals surface area contributed by atoms with E-state index in [4.69, 9.17) is 10.5 Å². The van der Waals surface area contributed by atoms with Gasteiger partial charge in [0.25, 0.3) is 0 Å². The minimum Gasteiger partial charge on any atom is -0.478 e. The lowest BCUT2D eigenvalue weighted by molar-refractivity contribution is -0.0553. The van der Waals surface area contributed by atoms with Crippen LogP contribution in [0.3, 0.4) is 0 Å². The molecule has 4 N–H and O–H groups in total. The highest BCUT2D eigenvalue weighted by Crippen LogP contribution is 2.28. The lowest BCUT2D eigenvalue weighted by Gasteiger charge is -2.36. The monoisotopic (exact) mass is 278 g/mol. The van der Waals surface area contributed by atoms with E-state index in [1.807, 2.05) is 13.0 Å². The van der Waals surface area contributed by atoms with Gasteiger partial charge >= 0.3 is 5.97 Å². The molecule has 110 valence electrons. The van der Waals surface area contributed by atoms with E-state index >= 15 is 0 Å². The van der Waals surface area contributed by atoms with Gasteiger partial charge in [-0.15, -0.1) is 0 Å². The number of hydrogen-bond donors (Lipinski definition) is 3. The largest absolute Gasteiger partial charge is 0.478 e. The van der Waals surface area contributed by atoms with Crippen LogP contribution in [0.15, 0.2) is 12.1 Å². The molecule has 0 aliphatic carbocycles. The van der Waals surface area contributed by atoms with Gasteiger partial charge in [-0.1, -0.05) is 0 Å². The van der Waals surface area contributed by atoms with Gasteiger partial charge in [-0.2, -0.15) is 0 Å². The molecule has 0 amide bonds. The van der Waals surface area contributed by atoms with E-state index in [0.717, 1.165) is 24.1 Å². The van der Waals surface area contributed by atoms with Gasteiger partial charge in [-0.3, -0.25) is 0 Å². The highest BCUT2D eigenvalue weighted by atomic mass is 16.5. The van der Waals surface area contributed by atoms with Crippen molar-refractivity contribution in [3.8, 4) is 0 Å². The third-order valence-electron chi connectivity index (χ3n) is 3.69. The van der Waals surface area contributed by atoms with Crippen LogP contribution in [-0.4, -0.2) is 29.3 Å². The third kappa shape index (κ3) is 3.22. The van der Waals surface area contributed by atoms with Crippen LogP contribution in [0, 0.1) is 6.92 Å². The Hall–Kier alpha value is -1.75. The van der Waals surface area contributed by atoms with Crippen LogP contribution >= 0.6 is 0 Å². The average molecular weight is 278 g/mol. The summed E-state index contributed by atoms with van der Waals surface area (Å²) in [5.41, 5.74) is 7.72. The highest BCUT2D eigenvalue weighted by Gasteiger charge is 2.28. The second kappa shape index (κ2) is 5.32. The van der Waals surface area contributed by atoms with E-state index < -0.39 is 5.97 Å². The predicted octanol–water partition coefficient (Wildman–Crippen LogP) is 2.64. The van der Waals surface area contributed by atoms with Crippen molar-refractivity contribution < 1.29 is 14.6 Å². The molecule has 1 aromatic rings. The summed E-state index contributed by atoms with van der Waals surface area (Å²) in [6, 6.07) is 3.78. The van der Waals surface area contributed by atoms with Crippen LogP contribution in [0.4, 0.5) is 11.4 Å². The minimum absolute atomic E-state index is 0.144. The number of carbonyl (C=O) groups is 1. The molecule has 1 heterocycles. The van der Waals surface area contributed by atoms with Crippen molar-refractivity contribution in [3.63, 3.8) is 0 Å². The fourth-order valence-electron chi connectivity index (χ4n) is 2.65. The smallest absolute Gasteiger partial charge is 0.337 e. The van der Waals surface area contributed by atoms with Crippen molar-refractivity contribution in [1.29, 1.82) is 0 Å². The molecule has 0 saturated carbocycles. The zero-order valence-electron chi connectivity index (χ0n) is 12.2. The Morgan fingerprint density at radius 3 is 2.80 bits per heavy atom. The number of hydrogen-bond acceptors (Lipinski definition) is 4. The summed E-state index contributed by atoms with van der Waals surface area (Å²) in [5, 5.41) is 12.6. The molecule has 2 rings (SSSR count). The number of nitrogens with one attached hydrogen (secondary N) is 1. The Kier molecular flexibility index (Phi) is 3.90. The Morgan fingerprint density at radius 2 is 2.20 bits per heavy atom. The maximum atomic E-state index is 11.2. The molecular formula is C15H22N2O3. The standard InChI is InChI=1S/C15H22N2O3/c1-9-6-11(7-12(13(9)16)14(18)19)17-10-4-5-20-15(2,3)8-10/h6-7,10,17H,4-5,8,16H2,1-3H3,(H,18,19). The number of anilines is 2. The fourth-order valence-corrected chi connectivity index (χ4v) is 2.65. The molecule has 0 bridgehead atoms. The molecule has 1 aromatic carbocycles. The van der Waals surface area contributed by atoms with E-state index in [1.165, 1.54) is 0 Å². The van der Waals surface area contributed by atoms with Gasteiger partial charge in [0.1, 0.15) is 0 Å². The fraction of sp³-hybridized carbons (Fsp3) is 0.533. The summed E-state index contributed by atoms with van der Waals surface area (Å²) in [4.78, 5) is 11.2. The second-order valence-corrected chi connectivity index (χ2v) is 6.00. The third-order valence-corrected chi connectivity index (χ3v) is 3.69. The van der Waals surface area contributed by atoms with Gasteiger partial charge in [0.2, 0.25) is 0 Å². The van der Waals surface area contributed by atoms with Crippen LogP contribution in [0.5, 0.6) is 0 Å². The zero-order valence-corrected chi connectivity index (χ0v) is 12.2. The van der Waals surface area contributed by atoms with Crippen molar-refractivity contribution in [2.45, 2.75) is 45.3 Å². The number of aromatic carboxylic acids is 1. The number of aryl methyl sites for hydroxylation is 1. The van der Waals surface area contributed by atoms with Gasteiger partial charge < -0.3 is 20.9 Å². The number of rotatable bonds is 3. The Balaban J connectivity index is 2.19. The molecule has 0 spiro atoms. The van der Waals surface area contributed by atoms with E-state index in [-0.39, 0.29) is 17.2 Å². The summed E-state index contributed by atoms with van der Waals surface area (Å²) in [5.74, 6) is -0.999. The molecule has 0 aromatic heterocycles. The number of nitrogens with two attached hydrogens (primary N) is 1. The van der Waals surface area contributed by atoms with Crippen LogP contribution in [0.1, 0.15) is 42.6 Å². The van der Waals surface area contributed by atoms with Crippen molar-refractivity contribution in [2.75, 3.05) is 17.7 Å². The number of ether oxygens (including phenoxy) is 1. The van der Waals surface area contributed by atoms with Gasteiger partial charge in [-0.05, 0) is 51.3 Å². The van der Waals surface area contributed by atoms with Crippen LogP contribution in [-0.2, 0) is 4.74 Å². The number of carboxylic acids is 1. The number of carboxylic acid groups (broad SMARTS) is 1. The molecule has 5 heteroatoms. The van der Waals surface area contributed by atoms with Gasteiger partial charge in [-0.25, -0.2) is 4.79 Å². The van der Waals surface area contributed by atoms with Gasteiger partial charge in [0, 0.05) is 24.0 Å². The average Bonchev–Trinajstić information content (AvgIpc) is 2.32. The van der Waals surface area contributed by atoms with E-state index in [0.29, 0.717) is 12.3 Å². The lowest BCUT2D eigenvalue weighted by atomic mass is 9.93. The molecular weight excluding hydrogens is 256 g/mol. The van der Waals surface area contributed by atoms with E-state index in [9.17, 15) is 9.90 Å². The molecule has 5 nitrogen and oxygen atoms in total. The number of benzene rings is 1. The van der Waals surface area contributed by atoms with Crippen molar-refractivity contribution in [3.05, 3.63) is 23.3 Å². The highest BCUT2D eigenvalue weighted by molar-refractivity contribution is 5.95. The minimum atomic E-state index is -0.999. The summed E-state index contributed by atoms with van der Waals surface area (Å²) in [6.07, 6.45) is 1.80. The molecule has 1 unspecified atom stereocenters. The molecule has 1 aliphatic rings. The predicted molar refractivity (Wildman–Crippen MR) is 79.2 cm³/mol. The number of nitrogen functional groups attached to an aromatic ring is 1. The summed E-state index contributed by atoms with van der Waals surface area (Å²) < 4.78 is 5.68. The van der Waals surface area contributed by atoms with Gasteiger partial charge in [0.15, 0.2) is 0 Å². The summed E-state index contributed by atoms with van der Waals surface area (Å²) in [6.45, 7) is 6.67. The summed E-state index contributed by atoms with van der Waals surface area (Å²) in [7, 11) is 0. The topological polar surface area (TPSA) is 84.6 Å². The SMILES string of the molecule is Cc1cc(NC2CCOC(C)(C)C2)cc(C(=O)O)c1N. The Labute approximate surface area is 119 Å². The molecule has 20 heavy (non-hydrogen) atoms. The van der Waals surface area contributed by atoms with Gasteiger partial charge in [0.05, 0.1) is 11.2 Å². The van der Waals surface area contributed by atoms with Crippen LogP contribution < -0.4 is 11.1 Å². The molecule has 1 fully saturated rings. The van der Waals surface area contributed by atoms with Crippen molar-refractivity contribution in [1.82, 2.24) is 0 Å². The lowest BCUT2D eigenvalue weighted by Crippen LogP contribution is -2.40. The van der Waals surface area contributed by atoms with Crippen LogP contribution in [0.2, 0.25) is 0 Å². The quantitative estimate of drug-likeness (QED) is 0.740. The Morgan fingerprint density at radius 1 is 1.50 bits per heavy atom. The maximum Gasteiger partial charge on any atom is 0.337 e. The Bertz CT molecular complexity index is 526. The van der Waals surface area contributed by atoms with Crippen molar-refractivity contribution in [2.24, 2.45) is 0 Å². The van der Waals surface area contributed by atoms with Crippen molar-refractivity contribution >= 4 is 17.3 Å². The molecule has 1 aliphatic heterocycles. The van der Waals surface area contributed by atoms with E-state index in [1.54, 1.807) is 6.07 Å².